The zero-order chi connectivity index (χ0) is 15.0. The number of carboxylic acids is 1. The first-order chi connectivity index (χ1) is 9.32. The van der Waals surface area contributed by atoms with Crippen LogP contribution in [0, 0.1) is 11.6 Å². The monoisotopic (exact) mass is 282 g/mol. The highest BCUT2D eigenvalue weighted by molar-refractivity contribution is 5.92. The van der Waals surface area contributed by atoms with Gasteiger partial charge in [-0.25, -0.2) is 18.4 Å². The van der Waals surface area contributed by atoms with Crippen LogP contribution in [-0.4, -0.2) is 41.0 Å². The minimum absolute atomic E-state index is 0.0967. The van der Waals surface area contributed by atoms with Crippen molar-refractivity contribution in [3.05, 3.63) is 47.2 Å². The smallest absolute Gasteiger partial charge is 0.335 e. The Morgan fingerprint density at radius 3 is 2.45 bits per heavy atom. The molecule has 1 aliphatic rings. The first-order valence-electron chi connectivity index (χ1n) is 5.72. The zero-order valence-electron chi connectivity index (χ0n) is 10.8. The summed E-state index contributed by atoms with van der Waals surface area (Å²) in [6, 6.07) is 1.65. The van der Waals surface area contributed by atoms with Gasteiger partial charge in [0.2, 0.25) is 0 Å². The molecule has 2 rings (SSSR count). The van der Waals surface area contributed by atoms with Gasteiger partial charge in [0, 0.05) is 20.3 Å². The number of carbonyl (C=O) groups excluding carboxylic acids is 1. The van der Waals surface area contributed by atoms with E-state index in [1.807, 2.05) is 0 Å². The topological polar surface area (TPSA) is 60.9 Å². The summed E-state index contributed by atoms with van der Waals surface area (Å²) in [5, 5.41) is 9.21. The number of halogens is 2. The Hall–Kier alpha value is -2.44. The lowest BCUT2D eigenvalue weighted by molar-refractivity contribution is -0.133. The maximum absolute atomic E-state index is 13.3. The molecule has 0 saturated carbocycles. The summed E-state index contributed by atoms with van der Waals surface area (Å²) in [5.41, 5.74) is 0.0992. The van der Waals surface area contributed by atoms with E-state index in [0.29, 0.717) is 0 Å². The van der Waals surface area contributed by atoms with Crippen molar-refractivity contribution in [3.8, 4) is 0 Å². The van der Waals surface area contributed by atoms with Crippen LogP contribution in [0.1, 0.15) is 11.6 Å². The number of aliphatic carboxylic acids is 1. The fourth-order valence-electron chi connectivity index (χ4n) is 2.16. The zero-order valence-corrected chi connectivity index (χ0v) is 10.8. The number of carboxylic acid groups (broad SMARTS) is 1. The van der Waals surface area contributed by atoms with E-state index in [1.165, 1.54) is 26.4 Å². The van der Waals surface area contributed by atoms with E-state index in [9.17, 15) is 23.5 Å². The van der Waals surface area contributed by atoms with Gasteiger partial charge in [0.05, 0.1) is 11.6 Å². The minimum atomic E-state index is -1.23. The highest BCUT2D eigenvalue weighted by atomic mass is 19.2. The third-order valence-corrected chi connectivity index (χ3v) is 3.12. The van der Waals surface area contributed by atoms with E-state index in [-0.39, 0.29) is 11.1 Å². The molecular weight excluding hydrogens is 270 g/mol. The van der Waals surface area contributed by atoms with E-state index in [2.05, 4.69) is 0 Å². The van der Waals surface area contributed by atoms with Gasteiger partial charge in [-0.15, -0.1) is 0 Å². The maximum atomic E-state index is 13.3. The van der Waals surface area contributed by atoms with Crippen molar-refractivity contribution >= 4 is 12.0 Å². The van der Waals surface area contributed by atoms with Crippen LogP contribution in [0.4, 0.5) is 13.6 Å². The summed E-state index contributed by atoms with van der Waals surface area (Å²) in [6.45, 7) is 0. The van der Waals surface area contributed by atoms with Gasteiger partial charge in [-0.3, -0.25) is 0 Å². The van der Waals surface area contributed by atoms with Crippen molar-refractivity contribution in [1.29, 1.82) is 0 Å². The highest BCUT2D eigenvalue weighted by Crippen LogP contribution is 2.32. The van der Waals surface area contributed by atoms with Crippen LogP contribution in [0.2, 0.25) is 0 Å². The molecule has 106 valence electrons. The molecule has 1 aromatic carbocycles. The summed E-state index contributed by atoms with van der Waals surface area (Å²) in [7, 11) is 2.82. The molecule has 0 aliphatic carbocycles. The fourth-order valence-corrected chi connectivity index (χ4v) is 2.16. The van der Waals surface area contributed by atoms with Gasteiger partial charge in [-0.2, -0.15) is 0 Å². The van der Waals surface area contributed by atoms with Crippen LogP contribution in [0.25, 0.3) is 0 Å². The third kappa shape index (κ3) is 2.22. The fraction of sp³-hybridized carbons (Fsp3) is 0.231. The number of carbonyl (C=O) groups is 2. The molecular formula is C13H12F2N2O3. The number of hydrogen-bond donors (Lipinski definition) is 1. The molecule has 0 aromatic heterocycles. The SMILES string of the molecule is CN1C=C(C(=O)O)C(c2ccc(F)c(F)c2)N(C)C1=O. The first kappa shape index (κ1) is 14.0. The molecule has 0 radical (unpaired) electrons. The number of benzene rings is 1. The van der Waals surface area contributed by atoms with Crippen molar-refractivity contribution < 1.29 is 23.5 Å². The molecule has 1 N–H and O–H groups in total. The lowest BCUT2D eigenvalue weighted by Gasteiger charge is -2.36. The largest absolute Gasteiger partial charge is 0.478 e. The van der Waals surface area contributed by atoms with Crippen LogP contribution in [-0.2, 0) is 4.79 Å². The number of rotatable bonds is 2. The molecule has 0 bridgehead atoms. The normalized spacial score (nSPS) is 19.1. The molecule has 0 fully saturated rings. The van der Waals surface area contributed by atoms with Gasteiger partial charge in [0.15, 0.2) is 11.6 Å². The Morgan fingerprint density at radius 2 is 1.90 bits per heavy atom. The standard InChI is InChI=1S/C13H12F2N2O3/c1-16-6-8(12(18)19)11(17(2)13(16)20)7-3-4-9(14)10(15)5-7/h3-6,11H,1-2H3,(H,18,19). The number of hydrogen-bond acceptors (Lipinski definition) is 2. The number of likely N-dealkylation sites (N-methyl/N-ethyl adjacent to an activating group) is 1. The van der Waals surface area contributed by atoms with Crippen molar-refractivity contribution in [2.45, 2.75) is 6.04 Å². The van der Waals surface area contributed by atoms with E-state index >= 15 is 0 Å². The molecule has 0 spiro atoms. The van der Waals surface area contributed by atoms with E-state index in [1.54, 1.807) is 0 Å². The lowest BCUT2D eigenvalue weighted by atomic mass is 9.96. The average molecular weight is 282 g/mol. The molecule has 1 aromatic rings. The van der Waals surface area contributed by atoms with Crippen LogP contribution in [0.15, 0.2) is 30.0 Å². The van der Waals surface area contributed by atoms with Gasteiger partial charge in [0.25, 0.3) is 0 Å². The maximum Gasteiger partial charge on any atom is 0.335 e. The number of amides is 2. The summed E-state index contributed by atoms with van der Waals surface area (Å²) < 4.78 is 26.3. The van der Waals surface area contributed by atoms with Crippen molar-refractivity contribution in [2.24, 2.45) is 0 Å². The molecule has 1 aliphatic heterocycles. The third-order valence-electron chi connectivity index (χ3n) is 3.12. The van der Waals surface area contributed by atoms with E-state index < -0.39 is 29.7 Å². The van der Waals surface area contributed by atoms with Crippen LogP contribution < -0.4 is 0 Å². The van der Waals surface area contributed by atoms with Crippen LogP contribution in [0.5, 0.6) is 0 Å². The lowest BCUT2D eigenvalue weighted by Crippen LogP contribution is -2.44. The molecule has 5 nitrogen and oxygen atoms in total. The van der Waals surface area contributed by atoms with Crippen molar-refractivity contribution in [1.82, 2.24) is 9.80 Å². The quantitative estimate of drug-likeness (QED) is 0.902. The second-order valence-corrected chi connectivity index (χ2v) is 4.47. The van der Waals surface area contributed by atoms with E-state index in [0.717, 1.165) is 21.9 Å². The van der Waals surface area contributed by atoms with Gasteiger partial charge in [-0.05, 0) is 17.7 Å². The minimum Gasteiger partial charge on any atom is -0.478 e. The first-order valence-corrected chi connectivity index (χ1v) is 5.72. The molecule has 7 heteroatoms. The Kier molecular flexibility index (Phi) is 3.44. The molecule has 1 heterocycles. The second-order valence-electron chi connectivity index (χ2n) is 4.47. The van der Waals surface area contributed by atoms with Crippen molar-refractivity contribution in [3.63, 3.8) is 0 Å². The summed E-state index contributed by atoms with van der Waals surface area (Å²) in [6.07, 6.45) is 1.18. The number of urea groups is 1. The predicted octanol–water partition coefficient (Wildman–Crippen LogP) is 1.97. The van der Waals surface area contributed by atoms with Crippen LogP contribution in [0.3, 0.4) is 0 Å². The van der Waals surface area contributed by atoms with E-state index in [4.69, 9.17) is 0 Å². The Morgan fingerprint density at radius 1 is 1.25 bits per heavy atom. The summed E-state index contributed by atoms with van der Waals surface area (Å²) in [4.78, 5) is 25.5. The highest BCUT2D eigenvalue weighted by Gasteiger charge is 2.35. The Labute approximate surface area is 113 Å². The van der Waals surface area contributed by atoms with Gasteiger partial charge < -0.3 is 14.9 Å². The van der Waals surface area contributed by atoms with Crippen molar-refractivity contribution in [2.75, 3.05) is 14.1 Å². The number of nitrogens with zero attached hydrogens (tertiary/aromatic N) is 2. The van der Waals surface area contributed by atoms with Crippen LogP contribution >= 0.6 is 0 Å². The second kappa shape index (κ2) is 4.92. The summed E-state index contributed by atoms with van der Waals surface area (Å²) in [5.74, 6) is -3.35. The van der Waals surface area contributed by atoms with Gasteiger partial charge in [0.1, 0.15) is 0 Å². The predicted molar refractivity (Wildman–Crippen MR) is 65.7 cm³/mol. The van der Waals surface area contributed by atoms with Gasteiger partial charge >= 0.3 is 12.0 Å². The molecule has 1 unspecified atom stereocenters. The van der Waals surface area contributed by atoms with Gasteiger partial charge in [-0.1, -0.05) is 6.07 Å². The molecule has 2 amide bonds. The molecule has 0 saturated heterocycles. The Balaban J connectivity index is 2.55. The summed E-state index contributed by atoms with van der Waals surface area (Å²) >= 11 is 0. The molecule has 20 heavy (non-hydrogen) atoms. The average Bonchev–Trinajstić information content (AvgIpc) is 2.39. The Bertz CT molecular complexity index is 616. The molecule has 1 atom stereocenters.